The standard InChI is InChI=1S/C23H36N4O6/c1-12(2)10-18(23(32)33)27-20(29)14(5)25-21(30)17(26-22(31)19(24)13(3)4)11-15-6-8-16(28)9-7-15/h6-9,12-14,17-19,28H,10-11,24H2,1-5H3,(H,25,30)(H,26,31)(H,27,29)(H,32,33). The van der Waals surface area contributed by atoms with Gasteiger partial charge in [0.2, 0.25) is 17.7 Å². The van der Waals surface area contributed by atoms with Crippen LogP contribution in [0.4, 0.5) is 0 Å². The van der Waals surface area contributed by atoms with Gasteiger partial charge in [-0.1, -0.05) is 39.8 Å². The van der Waals surface area contributed by atoms with E-state index in [2.05, 4.69) is 16.0 Å². The molecule has 10 heteroatoms. The molecule has 0 saturated heterocycles. The third-order valence-electron chi connectivity index (χ3n) is 5.10. The number of hydrogen-bond donors (Lipinski definition) is 6. The molecule has 0 saturated carbocycles. The summed E-state index contributed by atoms with van der Waals surface area (Å²) in [5, 5.41) is 26.4. The molecule has 0 bridgehead atoms. The van der Waals surface area contributed by atoms with Crippen molar-refractivity contribution in [1.29, 1.82) is 0 Å². The molecule has 3 amide bonds. The average molecular weight is 465 g/mol. The maximum absolute atomic E-state index is 12.9. The third-order valence-corrected chi connectivity index (χ3v) is 5.10. The number of phenols is 1. The molecule has 4 atom stereocenters. The molecule has 1 aromatic carbocycles. The van der Waals surface area contributed by atoms with Crippen molar-refractivity contribution in [2.24, 2.45) is 17.6 Å². The molecule has 10 nitrogen and oxygen atoms in total. The highest BCUT2D eigenvalue weighted by Gasteiger charge is 2.29. The van der Waals surface area contributed by atoms with Crippen molar-refractivity contribution in [2.45, 2.75) is 71.6 Å². The Morgan fingerprint density at radius 3 is 1.88 bits per heavy atom. The molecule has 1 aromatic rings. The van der Waals surface area contributed by atoms with E-state index in [0.717, 1.165) is 0 Å². The number of nitrogens with two attached hydrogens (primary N) is 1. The molecule has 0 spiro atoms. The Labute approximate surface area is 194 Å². The highest BCUT2D eigenvalue weighted by atomic mass is 16.4. The summed E-state index contributed by atoms with van der Waals surface area (Å²) in [4.78, 5) is 49.3. The van der Waals surface area contributed by atoms with E-state index in [0.29, 0.717) is 5.56 Å². The van der Waals surface area contributed by atoms with Crippen LogP contribution < -0.4 is 21.7 Å². The zero-order chi connectivity index (χ0) is 25.3. The van der Waals surface area contributed by atoms with E-state index >= 15 is 0 Å². The molecule has 0 aliphatic carbocycles. The van der Waals surface area contributed by atoms with Crippen molar-refractivity contribution < 1.29 is 29.4 Å². The lowest BCUT2D eigenvalue weighted by Crippen LogP contribution is -2.57. The van der Waals surface area contributed by atoms with Crippen LogP contribution in [-0.2, 0) is 25.6 Å². The van der Waals surface area contributed by atoms with Crippen LogP contribution in [0, 0.1) is 11.8 Å². The molecule has 0 radical (unpaired) electrons. The highest BCUT2D eigenvalue weighted by Crippen LogP contribution is 2.12. The van der Waals surface area contributed by atoms with Gasteiger partial charge in [0.05, 0.1) is 6.04 Å². The first-order valence-corrected chi connectivity index (χ1v) is 11.0. The van der Waals surface area contributed by atoms with Crippen molar-refractivity contribution in [3.05, 3.63) is 29.8 Å². The number of amides is 3. The molecule has 33 heavy (non-hydrogen) atoms. The normalized spacial score (nSPS) is 14.8. The number of aromatic hydroxyl groups is 1. The van der Waals surface area contributed by atoms with Crippen molar-refractivity contribution in [1.82, 2.24) is 16.0 Å². The van der Waals surface area contributed by atoms with Gasteiger partial charge in [-0.05, 0) is 42.9 Å². The number of carboxylic acid groups (broad SMARTS) is 1. The summed E-state index contributed by atoms with van der Waals surface area (Å²) in [5.74, 6) is -2.98. The predicted molar refractivity (Wildman–Crippen MR) is 123 cm³/mol. The number of hydrogen-bond acceptors (Lipinski definition) is 6. The minimum Gasteiger partial charge on any atom is -0.508 e. The largest absolute Gasteiger partial charge is 0.508 e. The molecule has 7 N–H and O–H groups in total. The second kappa shape index (κ2) is 12.8. The molecular weight excluding hydrogens is 428 g/mol. The molecule has 0 aromatic heterocycles. The minimum absolute atomic E-state index is 0.0476. The van der Waals surface area contributed by atoms with Gasteiger partial charge in [0.1, 0.15) is 23.9 Å². The Morgan fingerprint density at radius 2 is 1.39 bits per heavy atom. The summed E-state index contributed by atoms with van der Waals surface area (Å²) >= 11 is 0. The van der Waals surface area contributed by atoms with Crippen LogP contribution in [0.15, 0.2) is 24.3 Å². The maximum atomic E-state index is 12.9. The minimum atomic E-state index is -1.16. The second-order valence-electron chi connectivity index (χ2n) is 8.96. The quantitative estimate of drug-likeness (QED) is 0.262. The molecule has 4 unspecified atom stereocenters. The number of aliphatic carboxylic acids is 1. The first kappa shape index (κ1) is 27.9. The second-order valence-corrected chi connectivity index (χ2v) is 8.96. The van der Waals surface area contributed by atoms with Gasteiger partial charge in [0, 0.05) is 6.42 Å². The van der Waals surface area contributed by atoms with Gasteiger partial charge in [-0.2, -0.15) is 0 Å². The van der Waals surface area contributed by atoms with Gasteiger partial charge < -0.3 is 31.9 Å². The van der Waals surface area contributed by atoms with Crippen molar-refractivity contribution >= 4 is 23.7 Å². The SMILES string of the molecule is CC(C)CC(NC(=O)C(C)NC(=O)C(Cc1ccc(O)cc1)NC(=O)C(N)C(C)C)C(=O)O. The summed E-state index contributed by atoms with van der Waals surface area (Å²) in [5.41, 5.74) is 6.57. The van der Waals surface area contributed by atoms with E-state index in [-0.39, 0.29) is 30.4 Å². The molecule has 1 rings (SSSR count). The fourth-order valence-electron chi connectivity index (χ4n) is 3.02. The van der Waals surface area contributed by atoms with E-state index < -0.39 is 47.9 Å². The number of rotatable bonds is 12. The van der Waals surface area contributed by atoms with Crippen LogP contribution in [-0.4, -0.2) is 58.1 Å². The van der Waals surface area contributed by atoms with Gasteiger partial charge in [0.25, 0.3) is 0 Å². The fourth-order valence-corrected chi connectivity index (χ4v) is 3.02. The van der Waals surface area contributed by atoms with Crippen LogP contribution in [0.5, 0.6) is 5.75 Å². The summed E-state index contributed by atoms with van der Waals surface area (Å²) in [6, 6.07) is 2.18. The van der Waals surface area contributed by atoms with Crippen LogP contribution >= 0.6 is 0 Å². The van der Waals surface area contributed by atoms with E-state index in [9.17, 15) is 29.4 Å². The summed E-state index contributed by atoms with van der Waals surface area (Å²) < 4.78 is 0. The topological polar surface area (TPSA) is 171 Å². The number of carboxylic acids is 1. The average Bonchev–Trinajstić information content (AvgIpc) is 2.72. The van der Waals surface area contributed by atoms with E-state index in [1.165, 1.54) is 19.1 Å². The zero-order valence-corrected chi connectivity index (χ0v) is 19.8. The number of carbonyl (C=O) groups is 4. The fraction of sp³-hybridized carbons (Fsp3) is 0.565. The lowest BCUT2D eigenvalue weighted by Gasteiger charge is -2.24. The van der Waals surface area contributed by atoms with Crippen molar-refractivity contribution in [3.8, 4) is 5.75 Å². The number of phenolic OH excluding ortho intramolecular Hbond substituents is 1. The summed E-state index contributed by atoms with van der Waals surface area (Å²) in [7, 11) is 0. The van der Waals surface area contributed by atoms with Gasteiger partial charge >= 0.3 is 5.97 Å². The molecule has 0 aliphatic heterocycles. The molecule has 0 aliphatic rings. The van der Waals surface area contributed by atoms with Crippen LogP contribution in [0.2, 0.25) is 0 Å². The molecule has 184 valence electrons. The lowest BCUT2D eigenvalue weighted by atomic mass is 10.0. The molecule has 0 fully saturated rings. The van der Waals surface area contributed by atoms with Gasteiger partial charge in [0.15, 0.2) is 0 Å². The van der Waals surface area contributed by atoms with Gasteiger partial charge in [-0.15, -0.1) is 0 Å². The van der Waals surface area contributed by atoms with E-state index in [1.807, 2.05) is 13.8 Å². The van der Waals surface area contributed by atoms with Crippen LogP contribution in [0.3, 0.4) is 0 Å². The van der Waals surface area contributed by atoms with Crippen LogP contribution in [0.1, 0.15) is 46.6 Å². The Morgan fingerprint density at radius 1 is 0.848 bits per heavy atom. The zero-order valence-electron chi connectivity index (χ0n) is 19.8. The number of carbonyl (C=O) groups excluding carboxylic acids is 3. The molecule has 0 heterocycles. The van der Waals surface area contributed by atoms with Crippen LogP contribution in [0.25, 0.3) is 0 Å². The number of nitrogens with one attached hydrogen (secondary N) is 3. The first-order valence-electron chi connectivity index (χ1n) is 11.0. The summed E-state index contributed by atoms with van der Waals surface area (Å²) in [6.07, 6.45) is 0.344. The monoisotopic (exact) mass is 464 g/mol. The predicted octanol–water partition coefficient (Wildman–Crippen LogP) is 0.523. The van der Waals surface area contributed by atoms with Gasteiger partial charge in [-0.25, -0.2) is 4.79 Å². The van der Waals surface area contributed by atoms with Crippen molar-refractivity contribution in [3.63, 3.8) is 0 Å². The Kier molecular flexibility index (Phi) is 10.8. The van der Waals surface area contributed by atoms with E-state index in [4.69, 9.17) is 5.73 Å². The third kappa shape index (κ3) is 9.48. The Bertz CT molecular complexity index is 825. The Balaban J connectivity index is 2.94. The summed E-state index contributed by atoms with van der Waals surface area (Å²) in [6.45, 7) is 8.67. The Hall–Kier alpha value is -3.14. The van der Waals surface area contributed by atoms with Gasteiger partial charge in [-0.3, -0.25) is 14.4 Å². The lowest BCUT2D eigenvalue weighted by molar-refractivity contribution is -0.142. The maximum Gasteiger partial charge on any atom is 0.326 e. The smallest absolute Gasteiger partial charge is 0.326 e. The first-order chi connectivity index (χ1) is 15.3. The van der Waals surface area contributed by atoms with Crippen molar-refractivity contribution in [2.75, 3.05) is 0 Å². The van der Waals surface area contributed by atoms with E-state index in [1.54, 1.807) is 26.0 Å². The molecular formula is C23H36N4O6. The number of benzene rings is 1. The highest BCUT2D eigenvalue weighted by molar-refractivity contribution is 5.94.